The van der Waals surface area contributed by atoms with E-state index in [1.807, 2.05) is 0 Å². The molecule has 3 rings (SSSR count). The first-order valence-electron chi connectivity index (χ1n) is 6.81. The second kappa shape index (κ2) is 5.98. The molecule has 0 fully saturated rings. The molecule has 6 nitrogen and oxygen atoms in total. The largest absolute Gasteiger partial charge is 0.391 e. The fourth-order valence-electron chi connectivity index (χ4n) is 2.13. The first-order valence-corrected chi connectivity index (χ1v) is 6.81. The van der Waals surface area contributed by atoms with Crippen LogP contribution in [0.1, 0.15) is 6.92 Å². The molecule has 1 atom stereocenters. The van der Waals surface area contributed by atoms with Crippen LogP contribution in [0.3, 0.4) is 0 Å². The summed E-state index contributed by atoms with van der Waals surface area (Å²) in [5.74, 6) is -0.0485. The Morgan fingerprint density at radius 3 is 2.73 bits per heavy atom. The lowest BCUT2D eigenvalue weighted by atomic mass is 10.0. The highest BCUT2D eigenvalue weighted by Gasteiger charge is 2.16. The molecule has 22 heavy (non-hydrogen) atoms. The third-order valence-electron chi connectivity index (χ3n) is 3.06. The van der Waals surface area contributed by atoms with E-state index in [1.54, 1.807) is 43.5 Å². The highest BCUT2D eigenvalue weighted by molar-refractivity contribution is 5.77. The van der Waals surface area contributed by atoms with Crippen molar-refractivity contribution in [1.82, 2.24) is 25.2 Å². The van der Waals surface area contributed by atoms with Crippen LogP contribution in [-0.2, 0) is 6.54 Å². The lowest BCUT2D eigenvalue weighted by Crippen LogP contribution is -2.14. The van der Waals surface area contributed by atoms with Gasteiger partial charge in [-0.25, -0.2) is 4.39 Å². The van der Waals surface area contributed by atoms with Gasteiger partial charge in [-0.2, -0.15) is 4.80 Å². The minimum atomic E-state index is -0.586. The lowest BCUT2D eigenvalue weighted by molar-refractivity contribution is 0.161. The predicted octanol–water partition coefficient (Wildman–Crippen LogP) is 1.92. The number of benzene rings is 1. The van der Waals surface area contributed by atoms with E-state index in [1.165, 1.54) is 10.9 Å². The van der Waals surface area contributed by atoms with Gasteiger partial charge in [0.25, 0.3) is 0 Å². The molecule has 0 aliphatic heterocycles. The highest BCUT2D eigenvalue weighted by Crippen LogP contribution is 2.29. The van der Waals surface area contributed by atoms with Gasteiger partial charge < -0.3 is 5.11 Å². The molecule has 2 heterocycles. The van der Waals surface area contributed by atoms with Crippen molar-refractivity contribution in [3.8, 4) is 22.6 Å². The van der Waals surface area contributed by atoms with Crippen LogP contribution < -0.4 is 0 Å². The number of aliphatic hydroxyl groups excluding tert-OH is 1. The van der Waals surface area contributed by atoms with E-state index >= 15 is 0 Å². The summed E-state index contributed by atoms with van der Waals surface area (Å²) in [6, 6.07) is 9.94. The number of nitrogens with zero attached hydrogens (tertiary/aromatic N) is 5. The summed E-state index contributed by atoms with van der Waals surface area (Å²) < 4.78 is 14.0. The first-order chi connectivity index (χ1) is 10.6. The van der Waals surface area contributed by atoms with Gasteiger partial charge in [0, 0.05) is 17.3 Å². The maximum Gasteiger partial charge on any atom is 0.223 e. The van der Waals surface area contributed by atoms with Crippen LogP contribution in [0.25, 0.3) is 22.6 Å². The van der Waals surface area contributed by atoms with E-state index in [0.29, 0.717) is 22.6 Å². The van der Waals surface area contributed by atoms with Crippen molar-refractivity contribution >= 4 is 0 Å². The van der Waals surface area contributed by atoms with Gasteiger partial charge in [-0.1, -0.05) is 24.3 Å². The Labute approximate surface area is 126 Å². The highest BCUT2D eigenvalue weighted by atomic mass is 19.1. The van der Waals surface area contributed by atoms with Crippen molar-refractivity contribution in [2.75, 3.05) is 0 Å². The van der Waals surface area contributed by atoms with Crippen LogP contribution in [0, 0.1) is 5.82 Å². The second-order valence-corrected chi connectivity index (χ2v) is 4.90. The Kier molecular flexibility index (Phi) is 3.88. The molecular weight excluding hydrogens is 285 g/mol. The van der Waals surface area contributed by atoms with Gasteiger partial charge in [0.2, 0.25) is 5.82 Å². The molecular formula is C15H14FN5O. The number of rotatable bonds is 4. The second-order valence-electron chi connectivity index (χ2n) is 4.90. The van der Waals surface area contributed by atoms with Gasteiger partial charge in [-0.3, -0.25) is 4.98 Å². The normalized spacial score (nSPS) is 12.3. The Bertz CT molecular complexity index is 787. The molecule has 0 aliphatic carbocycles. The lowest BCUT2D eigenvalue weighted by Gasteiger charge is -2.06. The van der Waals surface area contributed by atoms with Crippen molar-refractivity contribution in [2.45, 2.75) is 19.6 Å². The van der Waals surface area contributed by atoms with Crippen LogP contribution in [0.5, 0.6) is 0 Å². The van der Waals surface area contributed by atoms with E-state index in [4.69, 9.17) is 0 Å². The van der Waals surface area contributed by atoms with Crippen LogP contribution in [-0.4, -0.2) is 36.4 Å². The Morgan fingerprint density at radius 2 is 1.95 bits per heavy atom. The molecule has 0 radical (unpaired) electrons. The maximum absolute atomic E-state index is 14.0. The smallest absolute Gasteiger partial charge is 0.223 e. The van der Waals surface area contributed by atoms with E-state index < -0.39 is 6.10 Å². The van der Waals surface area contributed by atoms with Crippen LogP contribution >= 0.6 is 0 Å². The summed E-state index contributed by atoms with van der Waals surface area (Å²) in [5.41, 5.74) is 1.47. The molecule has 0 aliphatic rings. The molecule has 0 bridgehead atoms. The third kappa shape index (κ3) is 2.84. The van der Waals surface area contributed by atoms with Crippen LogP contribution in [0.15, 0.2) is 42.6 Å². The van der Waals surface area contributed by atoms with E-state index in [9.17, 15) is 9.50 Å². The van der Waals surface area contributed by atoms with Gasteiger partial charge >= 0.3 is 0 Å². The van der Waals surface area contributed by atoms with Crippen molar-refractivity contribution < 1.29 is 9.50 Å². The number of aliphatic hydroxyl groups is 1. The zero-order valence-electron chi connectivity index (χ0n) is 11.9. The quantitative estimate of drug-likeness (QED) is 0.796. The molecule has 112 valence electrons. The summed E-state index contributed by atoms with van der Waals surface area (Å²) in [5, 5.41) is 21.4. The van der Waals surface area contributed by atoms with Crippen molar-refractivity contribution in [3.63, 3.8) is 0 Å². The van der Waals surface area contributed by atoms with E-state index in [0.717, 1.165) is 0 Å². The van der Waals surface area contributed by atoms with Gasteiger partial charge in [0.15, 0.2) is 0 Å². The van der Waals surface area contributed by atoms with Crippen LogP contribution in [0.4, 0.5) is 4.39 Å². The summed E-state index contributed by atoms with van der Waals surface area (Å²) in [7, 11) is 0. The molecule has 7 heteroatoms. The van der Waals surface area contributed by atoms with E-state index in [-0.39, 0.29) is 12.4 Å². The SMILES string of the molecule is CC(O)Cn1nnc(-c2ncccc2-c2ccccc2F)n1. The van der Waals surface area contributed by atoms with Gasteiger partial charge in [0.1, 0.15) is 11.5 Å². The number of tetrazole rings is 1. The van der Waals surface area contributed by atoms with Crippen molar-refractivity contribution in [3.05, 3.63) is 48.4 Å². The maximum atomic E-state index is 14.0. The number of hydrogen-bond acceptors (Lipinski definition) is 5. The molecule has 2 aromatic heterocycles. The molecule has 0 spiro atoms. The van der Waals surface area contributed by atoms with E-state index in [2.05, 4.69) is 20.4 Å². The summed E-state index contributed by atoms with van der Waals surface area (Å²) in [6.07, 6.45) is 1.01. The standard InChI is InChI=1S/C15H14FN5O/c1-10(22)9-21-19-15(18-20-21)14-12(6-4-8-17-14)11-5-2-3-7-13(11)16/h2-8,10,22H,9H2,1H3. The zero-order valence-corrected chi connectivity index (χ0v) is 11.9. The zero-order chi connectivity index (χ0) is 15.5. The van der Waals surface area contributed by atoms with Crippen molar-refractivity contribution in [2.24, 2.45) is 0 Å². The molecule has 0 saturated carbocycles. The molecule has 0 saturated heterocycles. The van der Waals surface area contributed by atoms with Gasteiger partial charge in [-0.05, 0) is 24.3 Å². The average molecular weight is 299 g/mol. The van der Waals surface area contributed by atoms with Gasteiger partial charge in [0.05, 0.1) is 12.6 Å². The van der Waals surface area contributed by atoms with Gasteiger partial charge in [-0.15, -0.1) is 10.2 Å². The summed E-state index contributed by atoms with van der Waals surface area (Å²) >= 11 is 0. The van der Waals surface area contributed by atoms with Crippen LogP contribution in [0.2, 0.25) is 0 Å². The first kappa shape index (κ1) is 14.3. The molecule has 1 aromatic carbocycles. The van der Waals surface area contributed by atoms with Crippen molar-refractivity contribution in [1.29, 1.82) is 0 Å². The topological polar surface area (TPSA) is 76.7 Å². The number of hydrogen-bond donors (Lipinski definition) is 1. The Morgan fingerprint density at radius 1 is 1.18 bits per heavy atom. The number of pyridine rings is 1. The fraction of sp³-hybridized carbons (Fsp3) is 0.200. The molecule has 3 aromatic rings. The fourth-order valence-corrected chi connectivity index (χ4v) is 2.13. The Balaban J connectivity index is 2.05. The molecule has 1 unspecified atom stereocenters. The minimum absolute atomic E-state index is 0.231. The summed E-state index contributed by atoms with van der Waals surface area (Å²) in [6.45, 7) is 1.86. The minimum Gasteiger partial charge on any atom is -0.391 e. The third-order valence-corrected chi connectivity index (χ3v) is 3.06. The number of halogens is 1. The predicted molar refractivity (Wildman–Crippen MR) is 78.1 cm³/mol. The average Bonchev–Trinajstić information content (AvgIpc) is 2.95. The number of aromatic nitrogens is 5. The molecule has 1 N–H and O–H groups in total. The monoisotopic (exact) mass is 299 g/mol. The molecule has 0 amide bonds. The Hall–Kier alpha value is -2.67. The summed E-state index contributed by atoms with van der Waals surface area (Å²) in [4.78, 5) is 5.54.